The van der Waals surface area contributed by atoms with E-state index in [1.807, 2.05) is 0 Å². The van der Waals surface area contributed by atoms with Gasteiger partial charge in [-0.2, -0.15) is 0 Å². The number of carbonyl (C=O) groups excluding carboxylic acids is 1. The van der Waals surface area contributed by atoms with Crippen LogP contribution >= 0.6 is 0 Å². The third-order valence-electron chi connectivity index (χ3n) is 4.38. The summed E-state index contributed by atoms with van der Waals surface area (Å²) in [5, 5.41) is 70.7. The van der Waals surface area contributed by atoms with Crippen molar-refractivity contribution in [2.75, 3.05) is 13.2 Å². The first kappa shape index (κ1) is 21.4. The molecule has 0 aromatic carbocycles. The van der Waals surface area contributed by atoms with Gasteiger partial charge in [-0.15, -0.1) is 0 Å². The molecule has 10 atom stereocenters. The summed E-state index contributed by atoms with van der Waals surface area (Å²) >= 11 is 0. The zero-order chi connectivity index (χ0) is 19.6. The molecule has 2 aliphatic rings. The lowest BCUT2D eigenvalue weighted by Crippen LogP contribution is -2.67. The Hall–Kier alpha value is -0.930. The topological polar surface area (TPSA) is 198 Å². The van der Waals surface area contributed by atoms with E-state index in [2.05, 4.69) is 5.32 Å². The lowest BCUT2D eigenvalue weighted by Gasteiger charge is -2.46. The summed E-state index contributed by atoms with van der Waals surface area (Å²) in [6, 6.07) is -1.28. The molecule has 0 bridgehead atoms. The lowest BCUT2D eigenvalue weighted by molar-refractivity contribution is -0.341. The number of hydrogen-bond acceptors (Lipinski definition) is 11. The molecule has 152 valence electrons. The van der Waals surface area contributed by atoms with Crippen LogP contribution in [0.4, 0.5) is 0 Å². The minimum absolute atomic E-state index is 0.574. The summed E-state index contributed by atoms with van der Waals surface area (Å²) in [7, 11) is 0. The highest BCUT2D eigenvalue weighted by Crippen LogP contribution is 2.28. The van der Waals surface area contributed by atoms with E-state index in [1.54, 1.807) is 0 Å². The number of amides is 1. The molecule has 2 heterocycles. The van der Waals surface area contributed by atoms with Crippen LogP contribution in [-0.2, 0) is 19.0 Å². The van der Waals surface area contributed by atoms with Gasteiger partial charge >= 0.3 is 0 Å². The normalized spacial score (nSPS) is 46.8. The fraction of sp³-hybridized carbons (Fsp3) is 0.929. The highest BCUT2D eigenvalue weighted by molar-refractivity contribution is 5.73. The van der Waals surface area contributed by atoms with E-state index in [0.29, 0.717) is 0 Å². The molecule has 0 radical (unpaired) electrons. The van der Waals surface area contributed by atoms with Crippen LogP contribution in [0.15, 0.2) is 0 Å². The van der Waals surface area contributed by atoms with Gasteiger partial charge in [0.2, 0.25) is 5.91 Å². The molecule has 2 saturated heterocycles. The Labute approximate surface area is 148 Å². The smallest absolute Gasteiger partial charge is 0.217 e. The molecule has 2 fully saturated rings. The Morgan fingerprint density at radius 2 is 1.50 bits per heavy atom. The largest absolute Gasteiger partial charge is 0.394 e. The fourth-order valence-electron chi connectivity index (χ4n) is 2.97. The molecule has 2 aliphatic heterocycles. The molecule has 12 heteroatoms. The Bertz CT molecular complexity index is 478. The number of aliphatic hydroxyl groups excluding tert-OH is 7. The molecule has 8 N–H and O–H groups in total. The van der Waals surface area contributed by atoms with Crippen LogP contribution in [0.1, 0.15) is 6.92 Å². The second kappa shape index (κ2) is 8.84. The molecule has 1 amide bonds. The van der Waals surface area contributed by atoms with Gasteiger partial charge in [-0.25, -0.2) is 0 Å². The van der Waals surface area contributed by atoms with Gasteiger partial charge < -0.3 is 55.3 Å². The molecule has 26 heavy (non-hydrogen) atoms. The van der Waals surface area contributed by atoms with Crippen LogP contribution in [0, 0.1) is 0 Å². The van der Waals surface area contributed by atoms with Crippen LogP contribution in [0.2, 0.25) is 0 Å². The van der Waals surface area contributed by atoms with Crippen LogP contribution in [0.3, 0.4) is 0 Å². The van der Waals surface area contributed by atoms with E-state index >= 15 is 0 Å². The molecule has 2 rings (SSSR count). The van der Waals surface area contributed by atoms with Gasteiger partial charge in [0.1, 0.15) is 48.8 Å². The van der Waals surface area contributed by atoms with Crippen molar-refractivity contribution in [3.8, 4) is 0 Å². The number of hydrogen-bond donors (Lipinski definition) is 8. The molecule has 0 aliphatic carbocycles. The molecule has 12 nitrogen and oxygen atoms in total. The van der Waals surface area contributed by atoms with Gasteiger partial charge in [0.05, 0.1) is 13.2 Å². The maximum atomic E-state index is 11.4. The summed E-state index contributed by atoms with van der Waals surface area (Å²) in [6.07, 6.45) is -13.7. The fourth-order valence-corrected chi connectivity index (χ4v) is 2.97. The average Bonchev–Trinajstić information content (AvgIpc) is 2.60. The number of carbonyl (C=O) groups is 1. The Balaban J connectivity index is 2.21. The predicted molar refractivity (Wildman–Crippen MR) is 80.2 cm³/mol. The highest BCUT2D eigenvalue weighted by Gasteiger charge is 2.50. The maximum absolute atomic E-state index is 11.4. The lowest BCUT2D eigenvalue weighted by atomic mass is 9.95. The van der Waals surface area contributed by atoms with Crippen molar-refractivity contribution in [2.45, 2.75) is 68.3 Å². The average molecular weight is 383 g/mol. The second-order valence-electron chi connectivity index (χ2n) is 6.26. The molecule has 0 unspecified atom stereocenters. The molecule has 0 aromatic rings. The van der Waals surface area contributed by atoms with Crippen molar-refractivity contribution in [1.29, 1.82) is 0 Å². The summed E-state index contributed by atoms with van der Waals surface area (Å²) in [4.78, 5) is 11.4. The van der Waals surface area contributed by atoms with E-state index in [4.69, 9.17) is 14.2 Å². The van der Waals surface area contributed by atoms with Gasteiger partial charge in [0.25, 0.3) is 0 Å². The van der Waals surface area contributed by atoms with Crippen molar-refractivity contribution >= 4 is 5.91 Å². The first-order chi connectivity index (χ1) is 12.2. The molecular weight excluding hydrogens is 358 g/mol. The Kier molecular flexibility index (Phi) is 7.27. The molecule has 0 saturated carbocycles. The van der Waals surface area contributed by atoms with Crippen LogP contribution < -0.4 is 5.32 Å². The van der Waals surface area contributed by atoms with Gasteiger partial charge in [-0.1, -0.05) is 0 Å². The van der Waals surface area contributed by atoms with Crippen molar-refractivity contribution in [3.63, 3.8) is 0 Å². The van der Waals surface area contributed by atoms with E-state index < -0.39 is 80.5 Å². The monoisotopic (exact) mass is 383 g/mol. The van der Waals surface area contributed by atoms with E-state index in [9.17, 15) is 40.5 Å². The first-order valence-corrected chi connectivity index (χ1v) is 8.06. The summed E-state index contributed by atoms with van der Waals surface area (Å²) in [5.74, 6) is -0.574. The first-order valence-electron chi connectivity index (χ1n) is 8.06. The predicted octanol–water partition coefficient (Wildman–Crippen LogP) is -5.25. The molecule has 0 aromatic heterocycles. The maximum Gasteiger partial charge on any atom is 0.217 e. The van der Waals surface area contributed by atoms with Crippen molar-refractivity contribution in [3.05, 3.63) is 0 Å². The van der Waals surface area contributed by atoms with E-state index in [1.165, 1.54) is 0 Å². The van der Waals surface area contributed by atoms with Gasteiger partial charge in [-0.3, -0.25) is 4.79 Å². The van der Waals surface area contributed by atoms with E-state index in [0.717, 1.165) is 6.92 Å². The standard InChI is InChI=1S/C14H25NO11/c1-4(18)15-7-12(9(20)6(3-17)24-13(7)23)26-14-11(22)10(21)8(19)5(2-16)25-14/h5-14,16-17,19-23H,2-3H2,1H3,(H,15,18)/t5-,6-,7-,8-,9-,10+,11-,12-,13+,14-/m1/s1. The third-order valence-corrected chi connectivity index (χ3v) is 4.38. The summed E-state index contributed by atoms with van der Waals surface area (Å²) in [5.41, 5.74) is 0. The zero-order valence-corrected chi connectivity index (χ0v) is 14.0. The Morgan fingerprint density at radius 1 is 0.923 bits per heavy atom. The van der Waals surface area contributed by atoms with Gasteiger partial charge in [0.15, 0.2) is 12.6 Å². The minimum Gasteiger partial charge on any atom is -0.394 e. The quantitative estimate of drug-likeness (QED) is 0.226. The number of rotatable bonds is 5. The Morgan fingerprint density at radius 3 is 2.04 bits per heavy atom. The third kappa shape index (κ3) is 4.31. The van der Waals surface area contributed by atoms with Crippen LogP contribution in [0.25, 0.3) is 0 Å². The minimum atomic E-state index is -1.74. The number of ether oxygens (including phenoxy) is 3. The second-order valence-corrected chi connectivity index (χ2v) is 6.26. The number of aliphatic hydroxyl groups is 7. The summed E-state index contributed by atoms with van der Waals surface area (Å²) < 4.78 is 15.7. The van der Waals surface area contributed by atoms with Crippen LogP contribution in [-0.4, -0.2) is 116 Å². The van der Waals surface area contributed by atoms with Gasteiger partial charge in [0, 0.05) is 6.92 Å². The van der Waals surface area contributed by atoms with Crippen molar-refractivity contribution in [2.24, 2.45) is 0 Å². The van der Waals surface area contributed by atoms with Gasteiger partial charge in [-0.05, 0) is 0 Å². The highest BCUT2D eigenvalue weighted by atomic mass is 16.7. The number of nitrogens with one attached hydrogen (secondary N) is 1. The molecular formula is C14H25NO11. The van der Waals surface area contributed by atoms with Crippen molar-refractivity contribution < 1.29 is 54.8 Å². The zero-order valence-electron chi connectivity index (χ0n) is 14.0. The van der Waals surface area contributed by atoms with Crippen molar-refractivity contribution in [1.82, 2.24) is 5.32 Å². The molecule has 0 spiro atoms. The SMILES string of the molecule is CC(=O)N[C@@H]1[C@@H](O[C@H]2O[C@H](CO)[C@@H](O)[C@H](O)[C@H]2O)[C@H](O)[C@@H](CO)O[C@@H]1O. The van der Waals surface area contributed by atoms with E-state index in [-0.39, 0.29) is 0 Å². The summed E-state index contributed by atoms with van der Waals surface area (Å²) in [6.45, 7) is -0.195. The van der Waals surface area contributed by atoms with Crippen LogP contribution in [0.5, 0.6) is 0 Å².